The molecule has 2 amide bonds. The second-order valence-electron chi connectivity index (χ2n) is 6.50. The Morgan fingerprint density at radius 1 is 1.00 bits per heavy atom. The number of hydrogen-bond donors (Lipinski definition) is 1. The highest BCUT2D eigenvalue weighted by Crippen LogP contribution is 2.36. The molecule has 162 valence electrons. The van der Waals surface area contributed by atoms with E-state index in [0.717, 1.165) is 0 Å². The molecule has 0 radical (unpaired) electrons. The largest absolute Gasteiger partial charge is 0.445 e. The molecule has 2 heterocycles. The minimum atomic E-state index is -5.00. The van der Waals surface area contributed by atoms with Gasteiger partial charge in [0.25, 0.3) is 5.91 Å². The van der Waals surface area contributed by atoms with Gasteiger partial charge in [-0.25, -0.2) is 4.79 Å². The first-order valence-corrected chi connectivity index (χ1v) is 8.41. The van der Waals surface area contributed by atoms with E-state index in [1.165, 1.54) is 15.6 Å². The zero-order chi connectivity index (χ0) is 22.3. The SMILES string of the molecule is NC(=O)c1cc2n(n1)CCN(C(=O)OCc1cc(C(F)(F)F)cc(C(F)(F)F)c1)C2. The Bertz CT molecular complexity index is 951. The predicted octanol–water partition coefficient (Wildman–Crippen LogP) is 3.17. The van der Waals surface area contributed by atoms with Crippen molar-refractivity contribution in [2.45, 2.75) is 32.0 Å². The van der Waals surface area contributed by atoms with E-state index in [0.29, 0.717) is 17.8 Å². The Hall–Kier alpha value is -3.25. The Labute approximate surface area is 165 Å². The number of aromatic nitrogens is 2. The summed E-state index contributed by atoms with van der Waals surface area (Å²) >= 11 is 0. The van der Waals surface area contributed by atoms with Crippen molar-refractivity contribution in [1.82, 2.24) is 14.7 Å². The zero-order valence-corrected chi connectivity index (χ0v) is 15.0. The highest BCUT2D eigenvalue weighted by atomic mass is 19.4. The Kier molecular flexibility index (Phi) is 5.39. The number of nitrogens with two attached hydrogens (primary N) is 1. The van der Waals surface area contributed by atoms with Crippen molar-refractivity contribution in [3.8, 4) is 0 Å². The lowest BCUT2D eigenvalue weighted by Crippen LogP contribution is -2.38. The maximum Gasteiger partial charge on any atom is 0.416 e. The van der Waals surface area contributed by atoms with Crippen molar-refractivity contribution >= 4 is 12.0 Å². The molecule has 1 aliphatic rings. The van der Waals surface area contributed by atoms with E-state index in [-0.39, 0.29) is 31.4 Å². The zero-order valence-electron chi connectivity index (χ0n) is 15.0. The number of alkyl halides is 6. The molecule has 1 aromatic carbocycles. The van der Waals surface area contributed by atoms with E-state index in [4.69, 9.17) is 10.5 Å². The summed E-state index contributed by atoms with van der Waals surface area (Å²) in [4.78, 5) is 24.6. The molecule has 0 aliphatic carbocycles. The van der Waals surface area contributed by atoms with Gasteiger partial charge in [0.2, 0.25) is 0 Å². The first-order valence-electron chi connectivity index (χ1n) is 8.41. The van der Waals surface area contributed by atoms with Crippen molar-refractivity contribution in [3.05, 3.63) is 52.3 Å². The second-order valence-corrected chi connectivity index (χ2v) is 6.50. The van der Waals surface area contributed by atoms with E-state index in [1.807, 2.05) is 0 Å². The monoisotopic (exact) mass is 436 g/mol. The van der Waals surface area contributed by atoms with E-state index in [2.05, 4.69) is 5.10 Å². The van der Waals surface area contributed by atoms with Crippen LogP contribution in [0.5, 0.6) is 0 Å². The van der Waals surface area contributed by atoms with Gasteiger partial charge in [-0.2, -0.15) is 31.4 Å². The molecule has 0 unspecified atom stereocenters. The Morgan fingerprint density at radius 3 is 2.13 bits per heavy atom. The summed E-state index contributed by atoms with van der Waals surface area (Å²) in [6.45, 7) is -0.481. The van der Waals surface area contributed by atoms with Crippen LogP contribution in [-0.2, 0) is 36.8 Å². The van der Waals surface area contributed by atoms with Crippen LogP contribution >= 0.6 is 0 Å². The fourth-order valence-electron chi connectivity index (χ4n) is 2.88. The van der Waals surface area contributed by atoms with Crippen LogP contribution in [0.25, 0.3) is 0 Å². The van der Waals surface area contributed by atoms with Gasteiger partial charge in [-0.15, -0.1) is 0 Å². The summed E-state index contributed by atoms with van der Waals surface area (Å²) < 4.78 is 83.8. The minimum absolute atomic E-state index is 0.00358. The molecular formula is C17H14F6N4O3. The molecule has 0 spiro atoms. The number of primary amides is 1. The van der Waals surface area contributed by atoms with Gasteiger partial charge in [0.1, 0.15) is 12.3 Å². The van der Waals surface area contributed by atoms with Crippen LogP contribution in [0.15, 0.2) is 24.3 Å². The first kappa shape index (κ1) is 21.5. The summed E-state index contributed by atoms with van der Waals surface area (Å²) in [5.74, 6) is -0.754. The van der Waals surface area contributed by atoms with E-state index in [9.17, 15) is 35.9 Å². The van der Waals surface area contributed by atoms with Crippen molar-refractivity contribution in [3.63, 3.8) is 0 Å². The van der Waals surface area contributed by atoms with Gasteiger partial charge < -0.3 is 15.4 Å². The van der Waals surface area contributed by atoms with E-state index >= 15 is 0 Å². The summed E-state index contributed by atoms with van der Waals surface area (Å²) in [5.41, 5.74) is 2.17. The van der Waals surface area contributed by atoms with E-state index < -0.39 is 47.7 Å². The molecule has 0 saturated heterocycles. The van der Waals surface area contributed by atoms with Gasteiger partial charge >= 0.3 is 18.4 Å². The number of carbonyl (C=O) groups is 2. The minimum Gasteiger partial charge on any atom is -0.445 e. The third-order valence-electron chi connectivity index (χ3n) is 4.32. The molecule has 1 aliphatic heterocycles. The molecule has 2 aromatic rings. The van der Waals surface area contributed by atoms with Crippen LogP contribution in [0.2, 0.25) is 0 Å². The molecule has 7 nitrogen and oxygen atoms in total. The number of rotatable bonds is 3. The second kappa shape index (κ2) is 7.54. The lowest BCUT2D eigenvalue weighted by molar-refractivity contribution is -0.143. The molecule has 0 fully saturated rings. The van der Waals surface area contributed by atoms with Crippen LogP contribution in [0.4, 0.5) is 31.1 Å². The standard InChI is InChI=1S/C17H14F6N4O3/c18-16(19,20)10-3-9(4-11(5-10)17(21,22)23)8-30-15(29)26-1-2-27-12(7-26)6-13(25-27)14(24)28/h3-6H,1-2,7-8H2,(H2,24,28). The number of fused-ring (bicyclic) bond motifs is 1. The highest BCUT2D eigenvalue weighted by molar-refractivity contribution is 5.90. The maximum atomic E-state index is 12.9. The number of halogens is 6. The average molecular weight is 436 g/mol. The maximum absolute atomic E-state index is 12.9. The molecule has 0 saturated carbocycles. The van der Waals surface area contributed by atoms with Crippen molar-refractivity contribution in [2.75, 3.05) is 6.54 Å². The molecule has 0 atom stereocenters. The van der Waals surface area contributed by atoms with Crippen LogP contribution < -0.4 is 5.73 Å². The number of carbonyl (C=O) groups excluding carboxylic acids is 2. The summed E-state index contributed by atoms with van der Waals surface area (Å²) in [7, 11) is 0. The van der Waals surface area contributed by atoms with Gasteiger partial charge in [-0.1, -0.05) is 0 Å². The van der Waals surface area contributed by atoms with Gasteiger partial charge in [0.05, 0.1) is 29.9 Å². The number of nitrogens with zero attached hydrogens (tertiary/aromatic N) is 3. The Morgan fingerprint density at radius 2 is 1.60 bits per heavy atom. The normalized spacial score (nSPS) is 14.4. The van der Waals surface area contributed by atoms with Crippen molar-refractivity contribution in [2.24, 2.45) is 5.73 Å². The van der Waals surface area contributed by atoms with E-state index in [1.54, 1.807) is 0 Å². The van der Waals surface area contributed by atoms with Gasteiger partial charge in [-0.05, 0) is 29.8 Å². The fraction of sp³-hybridized carbons (Fsp3) is 0.353. The lowest BCUT2D eigenvalue weighted by Gasteiger charge is -2.27. The summed E-state index contributed by atoms with van der Waals surface area (Å²) in [6.07, 6.45) is -10.9. The summed E-state index contributed by atoms with van der Waals surface area (Å²) in [5, 5.41) is 3.95. The average Bonchev–Trinajstić information content (AvgIpc) is 3.08. The van der Waals surface area contributed by atoms with Gasteiger partial charge in [-0.3, -0.25) is 9.48 Å². The molecule has 30 heavy (non-hydrogen) atoms. The third-order valence-corrected chi connectivity index (χ3v) is 4.32. The van der Waals surface area contributed by atoms with Crippen LogP contribution in [0.3, 0.4) is 0 Å². The quantitative estimate of drug-likeness (QED) is 0.749. The fourth-order valence-corrected chi connectivity index (χ4v) is 2.88. The number of amides is 2. The highest BCUT2D eigenvalue weighted by Gasteiger charge is 2.37. The molecule has 0 bridgehead atoms. The predicted molar refractivity (Wildman–Crippen MR) is 87.8 cm³/mol. The Balaban J connectivity index is 1.72. The topological polar surface area (TPSA) is 90.5 Å². The van der Waals surface area contributed by atoms with Crippen LogP contribution in [-0.4, -0.2) is 33.2 Å². The summed E-state index contributed by atoms with van der Waals surface area (Å²) in [6, 6.07) is 2.36. The molecule has 3 rings (SSSR count). The molecule has 1 aromatic heterocycles. The number of ether oxygens (including phenoxy) is 1. The van der Waals surface area contributed by atoms with Crippen LogP contribution in [0.1, 0.15) is 32.9 Å². The van der Waals surface area contributed by atoms with Crippen LogP contribution in [0, 0.1) is 0 Å². The number of hydrogen-bond acceptors (Lipinski definition) is 4. The van der Waals surface area contributed by atoms with Gasteiger partial charge in [0, 0.05) is 6.54 Å². The van der Waals surface area contributed by atoms with Crippen molar-refractivity contribution < 1.29 is 40.7 Å². The smallest absolute Gasteiger partial charge is 0.416 e. The first-order chi connectivity index (χ1) is 13.8. The molecule has 13 heteroatoms. The number of benzene rings is 1. The van der Waals surface area contributed by atoms with Crippen molar-refractivity contribution in [1.29, 1.82) is 0 Å². The lowest BCUT2D eigenvalue weighted by atomic mass is 10.1. The molecular weight excluding hydrogens is 422 g/mol. The molecule has 2 N–H and O–H groups in total. The van der Waals surface area contributed by atoms with Gasteiger partial charge in [0.15, 0.2) is 0 Å². The third kappa shape index (κ3) is 4.66.